The molecule has 0 aromatic rings. The molecule has 4 atom stereocenters. The normalized spacial score (nSPS) is 24.8. The lowest BCUT2D eigenvalue weighted by Gasteiger charge is -2.35. The van der Waals surface area contributed by atoms with Crippen LogP contribution in [0.5, 0.6) is 0 Å². The van der Waals surface area contributed by atoms with Crippen LogP contribution in [-0.4, -0.2) is 30.3 Å². The lowest BCUT2D eigenvalue weighted by Crippen LogP contribution is -2.48. The molecule has 0 aromatic carbocycles. The van der Waals surface area contributed by atoms with Crippen molar-refractivity contribution in [1.29, 1.82) is 0 Å². The van der Waals surface area contributed by atoms with Crippen LogP contribution in [0, 0.1) is 11.8 Å². The van der Waals surface area contributed by atoms with Gasteiger partial charge in [-0.3, -0.25) is 0 Å². The molecule has 0 spiro atoms. The quantitative estimate of drug-likeness (QED) is 0.725. The number of hydrogen-bond donors (Lipinski definition) is 2. The smallest absolute Gasteiger partial charge is 0.407 e. The molecular formula is C19H38N2O2. The summed E-state index contributed by atoms with van der Waals surface area (Å²) in [6.45, 7) is 13.3. The van der Waals surface area contributed by atoms with E-state index >= 15 is 0 Å². The number of carbonyl (C=O) groups excluding carboxylic acids is 1. The van der Waals surface area contributed by atoms with Crippen molar-refractivity contribution in [3.63, 3.8) is 0 Å². The second-order valence-corrected chi connectivity index (χ2v) is 8.35. The lowest BCUT2D eigenvalue weighted by atomic mass is 9.83. The van der Waals surface area contributed by atoms with Gasteiger partial charge < -0.3 is 15.4 Å². The van der Waals surface area contributed by atoms with Gasteiger partial charge in [0.2, 0.25) is 0 Å². The van der Waals surface area contributed by atoms with Crippen molar-refractivity contribution >= 4 is 6.09 Å². The van der Waals surface area contributed by atoms with Crippen molar-refractivity contribution in [1.82, 2.24) is 10.6 Å². The van der Waals surface area contributed by atoms with E-state index in [1.54, 1.807) is 0 Å². The van der Waals surface area contributed by atoms with E-state index in [0.29, 0.717) is 24.5 Å². The molecule has 0 aromatic heterocycles. The molecule has 0 bridgehead atoms. The molecule has 1 fully saturated rings. The third kappa shape index (κ3) is 8.59. The van der Waals surface area contributed by atoms with Gasteiger partial charge >= 0.3 is 6.09 Å². The summed E-state index contributed by atoms with van der Waals surface area (Å²) < 4.78 is 5.34. The van der Waals surface area contributed by atoms with E-state index in [9.17, 15) is 4.79 Å². The summed E-state index contributed by atoms with van der Waals surface area (Å²) in [6.07, 6.45) is 7.11. The summed E-state index contributed by atoms with van der Waals surface area (Å²) >= 11 is 0. The highest BCUT2D eigenvalue weighted by Crippen LogP contribution is 2.25. The minimum Gasteiger partial charge on any atom is -0.444 e. The lowest BCUT2D eigenvalue weighted by molar-refractivity contribution is 0.0510. The molecule has 4 nitrogen and oxygen atoms in total. The predicted octanol–water partition coefficient (Wildman–Crippen LogP) is 4.48. The summed E-state index contributed by atoms with van der Waals surface area (Å²) in [5.41, 5.74) is -0.431. The van der Waals surface area contributed by atoms with Gasteiger partial charge in [-0.25, -0.2) is 4.79 Å². The molecule has 136 valence electrons. The van der Waals surface area contributed by atoms with E-state index in [1.165, 1.54) is 38.5 Å². The minimum absolute atomic E-state index is 0.297. The molecule has 0 heterocycles. The second-order valence-electron chi connectivity index (χ2n) is 8.35. The van der Waals surface area contributed by atoms with Crippen LogP contribution in [0.3, 0.4) is 0 Å². The Bertz CT molecular complexity index is 352. The average Bonchev–Trinajstić information content (AvgIpc) is 2.44. The number of ether oxygens (including phenoxy) is 1. The van der Waals surface area contributed by atoms with Crippen molar-refractivity contribution in [2.24, 2.45) is 11.8 Å². The number of alkyl carbamates (subject to hydrolysis) is 1. The molecule has 0 radical (unpaired) electrons. The van der Waals surface area contributed by atoms with Gasteiger partial charge in [-0.1, -0.05) is 33.1 Å². The minimum atomic E-state index is -0.431. The largest absolute Gasteiger partial charge is 0.444 e. The van der Waals surface area contributed by atoms with Gasteiger partial charge in [0.25, 0.3) is 0 Å². The van der Waals surface area contributed by atoms with E-state index in [2.05, 4.69) is 31.4 Å². The molecular weight excluding hydrogens is 288 g/mol. The first-order valence-electron chi connectivity index (χ1n) is 9.44. The summed E-state index contributed by atoms with van der Waals surface area (Å²) in [5, 5.41) is 6.78. The first-order chi connectivity index (χ1) is 10.7. The Balaban J connectivity index is 2.43. The summed E-state index contributed by atoms with van der Waals surface area (Å²) in [7, 11) is 0. The van der Waals surface area contributed by atoms with Crippen molar-refractivity contribution in [3.8, 4) is 0 Å². The van der Waals surface area contributed by atoms with Crippen LogP contribution in [0.15, 0.2) is 0 Å². The molecule has 1 aliphatic carbocycles. The van der Waals surface area contributed by atoms with Crippen LogP contribution in [0.2, 0.25) is 0 Å². The van der Waals surface area contributed by atoms with E-state index in [-0.39, 0.29) is 6.09 Å². The molecule has 1 saturated carbocycles. The topological polar surface area (TPSA) is 50.4 Å². The molecule has 0 saturated heterocycles. The van der Waals surface area contributed by atoms with Gasteiger partial charge in [-0.15, -0.1) is 0 Å². The van der Waals surface area contributed by atoms with Gasteiger partial charge in [0.05, 0.1) is 0 Å². The Kier molecular flexibility index (Phi) is 8.38. The number of nitrogens with one attached hydrogen (secondary N) is 2. The molecule has 0 aliphatic heterocycles. The maximum absolute atomic E-state index is 11.9. The Morgan fingerprint density at radius 1 is 1.22 bits per heavy atom. The SMILES string of the molecule is CCC(C)CC(C)NC1CCCCC1CNC(=O)OC(C)(C)C. The van der Waals surface area contributed by atoms with Crippen molar-refractivity contribution in [2.75, 3.05) is 6.54 Å². The molecule has 4 unspecified atom stereocenters. The maximum Gasteiger partial charge on any atom is 0.407 e. The van der Waals surface area contributed by atoms with Gasteiger partial charge in [-0.2, -0.15) is 0 Å². The third-order valence-corrected chi connectivity index (χ3v) is 4.77. The Morgan fingerprint density at radius 3 is 2.48 bits per heavy atom. The summed E-state index contributed by atoms with van der Waals surface area (Å²) in [6, 6.07) is 1.05. The molecule has 1 aliphatic rings. The molecule has 1 amide bonds. The van der Waals surface area contributed by atoms with E-state index in [4.69, 9.17) is 4.74 Å². The first-order valence-corrected chi connectivity index (χ1v) is 9.44. The van der Waals surface area contributed by atoms with Crippen LogP contribution in [0.25, 0.3) is 0 Å². The highest BCUT2D eigenvalue weighted by molar-refractivity contribution is 5.67. The average molecular weight is 327 g/mol. The molecule has 4 heteroatoms. The maximum atomic E-state index is 11.9. The molecule has 23 heavy (non-hydrogen) atoms. The van der Waals surface area contributed by atoms with Gasteiger partial charge in [0.1, 0.15) is 5.60 Å². The highest BCUT2D eigenvalue weighted by Gasteiger charge is 2.27. The predicted molar refractivity (Wildman–Crippen MR) is 96.7 cm³/mol. The van der Waals surface area contributed by atoms with Crippen LogP contribution in [0.4, 0.5) is 4.79 Å². The highest BCUT2D eigenvalue weighted by atomic mass is 16.6. The van der Waals surface area contributed by atoms with Gasteiger partial charge in [-0.05, 0) is 58.8 Å². The fourth-order valence-electron chi connectivity index (χ4n) is 3.40. The van der Waals surface area contributed by atoms with E-state index in [0.717, 1.165) is 5.92 Å². The Labute approximate surface area is 143 Å². The summed E-state index contributed by atoms with van der Waals surface area (Å²) in [4.78, 5) is 11.9. The van der Waals surface area contributed by atoms with Crippen LogP contribution in [0.1, 0.15) is 80.1 Å². The summed E-state index contributed by atoms with van der Waals surface area (Å²) in [5.74, 6) is 1.27. The number of hydrogen-bond acceptors (Lipinski definition) is 3. The van der Waals surface area contributed by atoms with E-state index < -0.39 is 5.60 Å². The second kappa shape index (κ2) is 9.51. The monoisotopic (exact) mass is 326 g/mol. The number of carbonyl (C=O) groups is 1. The number of rotatable bonds is 7. The zero-order valence-corrected chi connectivity index (χ0v) is 16.1. The standard InChI is InChI=1S/C19H38N2O2/c1-7-14(2)12-15(3)21-17-11-9-8-10-16(17)13-20-18(22)23-19(4,5)6/h14-17,21H,7-13H2,1-6H3,(H,20,22). The first kappa shape index (κ1) is 20.3. The van der Waals surface area contributed by atoms with Crippen molar-refractivity contribution in [3.05, 3.63) is 0 Å². The zero-order valence-electron chi connectivity index (χ0n) is 16.1. The fraction of sp³-hybridized carbons (Fsp3) is 0.947. The van der Waals surface area contributed by atoms with Crippen LogP contribution < -0.4 is 10.6 Å². The van der Waals surface area contributed by atoms with Crippen LogP contribution in [-0.2, 0) is 4.74 Å². The van der Waals surface area contributed by atoms with Crippen LogP contribution >= 0.6 is 0 Å². The fourth-order valence-corrected chi connectivity index (χ4v) is 3.40. The van der Waals surface area contributed by atoms with Crippen molar-refractivity contribution in [2.45, 2.75) is 97.8 Å². The number of amides is 1. The Hall–Kier alpha value is -0.770. The van der Waals surface area contributed by atoms with E-state index in [1.807, 2.05) is 20.8 Å². The zero-order chi connectivity index (χ0) is 17.5. The Morgan fingerprint density at radius 2 is 1.87 bits per heavy atom. The van der Waals surface area contributed by atoms with Gasteiger partial charge in [0, 0.05) is 18.6 Å². The van der Waals surface area contributed by atoms with Crippen molar-refractivity contribution < 1.29 is 9.53 Å². The molecule has 2 N–H and O–H groups in total. The molecule has 1 rings (SSSR count). The third-order valence-electron chi connectivity index (χ3n) is 4.77. The van der Waals surface area contributed by atoms with Gasteiger partial charge in [0.15, 0.2) is 0 Å².